The van der Waals surface area contributed by atoms with Crippen molar-refractivity contribution >= 4 is 0 Å². The molecule has 4 aliphatic carbocycles. The summed E-state index contributed by atoms with van der Waals surface area (Å²) in [4.78, 5) is 11.3. The number of halogens is 4. The third kappa shape index (κ3) is 6.58. The van der Waals surface area contributed by atoms with E-state index in [1.54, 1.807) is 18.5 Å². The van der Waals surface area contributed by atoms with Gasteiger partial charge in [-0.3, -0.25) is 9.97 Å². The summed E-state index contributed by atoms with van der Waals surface area (Å²) in [6.07, 6.45) is 5.82. The van der Waals surface area contributed by atoms with Gasteiger partial charge in [0, 0.05) is 0 Å². The van der Waals surface area contributed by atoms with Crippen LogP contribution in [-0.2, 0) is 17.4 Å². The second-order valence-corrected chi connectivity index (χ2v) is 19.5. The molecular formula is C51H46F4N12O2. The number of pyridine rings is 2. The Morgan fingerprint density at radius 2 is 1.10 bits per heavy atom. The average Bonchev–Trinajstić information content (AvgIpc) is 4.20. The number of aliphatic hydroxyl groups is 2. The van der Waals surface area contributed by atoms with E-state index in [9.17, 15) is 22.7 Å². The van der Waals surface area contributed by atoms with Crippen molar-refractivity contribution < 1.29 is 27.8 Å². The molecule has 5 atom stereocenters. The number of rotatable bonds is 9. The van der Waals surface area contributed by atoms with Crippen molar-refractivity contribution in [1.29, 1.82) is 0 Å². The molecule has 350 valence electrons. The minimum atomic E-state index is -0.953. The maximum absolute atomic E-state index is 14.5. The Morgan fingerprint density at radius 3 is 1.57 bits per heavy atom. The summed E-state index contributed by atoms with van der Waals surface area (Å²) >= 11 is 0. The number of aliphatic hydroxyl groups excluding tert-OH is 2. The lowest BCUT2D eigenvalue weighted by Crippen LogP contribution is -2.37. The number of H-pyrrole nitrogens is 1. The number of benzene rings is 2. The zero-order chi connectivity index (χ0) is 48.0. The Labute approximate surface area is 393 Å². The predicted octanol–water partition coefficient (Wildman–Crippen LogP) is 8.44. The molecule has 14 nitrogen and oxygen atoms in total. The van der Waals surface area contributed by atoms with Gasteiger partial charge in [-0.2, -0.15) is 40.6 Å². The molecule has 0 radical (unpaired) electrons. The molecule has 0 unspecified atom stereocenters. The first-order chi connectivity index (χ1) is 33.2. The van der Waals surface area contributed by atoms with E-state index in [-0.39, 0.29) is 58.3 Å². The van der Waals surface area contributed by atoms with E-state index in [1.165, 1.54) is 41.2 Å². The van der Waals surface area contributed by atoms with Crippen LogP contribution in [-0.4, -0.2) is 83.7 Å². The first-order valence-electron chi connectivity index (χ1n) is 22.8. The lowest BCUT2D eigenvalue weighted by molar-refractivity contribution is 0.0747. The zero-order valence-electron chi connectivity index (χ0n) is 38.0. The van der Waals surface area contributed by atoms with Crippen LogP contribution in [0.25, 0.3) is 45.3 Å². The molecule has 6 heterocycles. The molecule has 4 aliphatic rings. The summed E-state index contributed by atoms with van der Waals surface area (Å²) in [6.45, 7) is 8.52. The molecule has 12 rings (SSSR count). The topological polar surface area (TPSA) is 190 Å². The molecule has 0 amide bonds. The molecule has 3 N–H and O–H groups in total. The Morgan fingerprint density at radius 1 is 0.623 bits per heavy atom. The highest BCUT2D eigenvalue weighted by atomic mass is 19.1. The van der Waals surface area contributed by atoms with Crippen molar-refractivity contribution in [2.24, 2.45) is 10.8 Å². The molecule has 0 aliphatic heterocycles. The number of aromatic nitrogens is 12. The largest absolute Gasteiger partial charge is 0.394 e. The lowest BCUT2D eigenvalue weighted by atomic mass is 9.66. The number of nitrogens with one attached hydrogen (secondary N) is 1. The van der Waals surface area contributed by atoms with E-state index in [1.807, 2.05) is 42.5 Å². The van der Waals surface area contributed by atoms with Crippen LogP contribution < -0.4 is 0 Å². The fourth-order valence-corrected chi connectivity index (χ4v) is 12.2. The first kappa shape index (κ1) is 44.3. The minimum Gasteiger partial charge on any atom is -0.394 e. The van der Waals surface area contributed by atoms with E-state index in [4.69, 9.17) is 15.1 Å². The fourth-order valence-electron chi connectivity index (χ4n) is 12.2. The summed E-state index contributed by atoms with van der Waals surface area (Å²) < 4.78 is 57.8. The molecule has 4 bridgehead atoms. The summed E-state index contributed by atoms with van der Waals surface area (Å²) in [7, 11) is 0. The van der Waals surface area contributed by atoms with Crippen molar-refractivity contribution in [3.63, 3.8) is 0 Å². The van der Waals surface area contributed by atoms with E-state index in [0.717, 1.165) is 65.3 Å². The molecule has 6 aromatic heterocycles. The molecule has 0 saturated heterocycles. The van der Waals surface area contributed by atoms with Crippen LogP contribution in [0.1, 0.15) is 99.1 Å². The van der Waals surface area contributed by atoms with E-state index >= 15 is 0 Å². The Balaban J connectivity index is 0.000000152. The Bertz CT molecular complexity index is 3250. The second kappa shape index (κ2) is 16.2. The molecule has 69 heavy (non-hydrogen) atoms. The monoisotopic (exact) mass is 934 g/mol. The number of hydrogen-bond donors (Lipinski definition) is 3. The van der Waals surface area contributed by atoms with Gasteiger partial charge in [0.2, 0.25) is 0 Å². The van der Waals surface area contributed by atoms with E-state index in [2.05, 4.69) is 73.7 Å². The molecule has 2 fully saturated rings. The fraction of sp³-hybridized carbons (Fsp3) is 0.333. The van der Waals surface area contributed by atoms with Crippen LogP contribution in [0, 0.1) is 34.1 Å². The molecule has 0 spiro atoms. The maximum atomic E-state index is 14.5. The highest BCUT2D eigenvalue weighted by Gasteiger charge is 2.66. The smallest absolute Gasteiger partial charge is 0.135 e. The normalized spacial score (nSPS) is 22.5. The maximum Gasteiger partial charge on any atom is 0.135 e. The van der Waals surface area contributed by atoms with Crippen molar-refractivity contribution in [2.75, 3.05) is 6.61 Å². The van der Waals surface area contributed by atoms with Gasteiger partial charge >= 0.3 is 0 Å². The van der Waals surface area contributed by atoms with Crippen LogP contribution in [0.2, 0.25) is 0 Å². The zero-order valence-corrected chi connectivity index (χ0v) is 38.0. The number of nitrogens with zero attached hydrogens (tertiary/aromatic N) is 11. The van der Waals surface area contributed by atoms with Crippen molar-refractivity contribution in [2.45, 2.75) is 88.7 Å². The van der Waals surface area contributed by atoms with Gasteiger partial charge in [0.05, 0.1) is 99.2 Å². The third-order valence-corrected chi connectivity index (χ3v) is 15.6. The first-order valence-corrected chi connectivity index (χ1v) is 22.8. The number of aromatic amines is 1. The highest BCUT2D eigenvalue weighted by molar-refractivity contribution is 5.66. The number of fused-ring (bicyclic) bond motifs is 10. The van der Waals surface area contributed by atoms with Gasteiger partial charge in [-0.05, 0) is 120 Å². The molecule has 2 aromatic carbocycles. The van der Waals surface area contributed by atoms with Gasteiger partial charge < -0.3 is 10.2 Å². The van der Waals surface area contributed by atoms with Crippen molar-refractivity contribution in [3.8, 4) is 45.3 Å². The summed E-state index contributed by atoms with van der Waals surface area (Å²) in [6, 6.07) is 22.9. The summed E-state index contributed by atoms with van der Waals surface area (Å²) in [5.74, 6) is -2.28. The van der Waals surface area contributed by atoms with Gasteiger partial charge in [0.25, 0.3) is 0 Å². The highest BCUT2D eigenvalue weighted by Crippen LogP contribution is 2.71. The molecule has 2 saturated carbocycles. The van der Waals surface area contributed by atoms with Crippen LogP contribution >= 0.6 is 0 Å². The summed E-state index contributed by atoms with van der Waals surface area (Å²) in [5, 5.41) is 55.8. The van der Waals surface area contributed by atoms with Crippen LogP contribution in [0.5, 0.6) is 0 Å². The van der Waals surface area contributed by atoms with Gasteiger partial charge in [-0.15, -0.1) is 10.2 Å². The van der Waals surface area contributed by atoms with Crippen LogP contribution in [0.3, 0.4) is 0 Å². The third-order valence-electron chi connectivity index (χ3n) is 15.6. The standard InChI is InChI=1S/C27H26F2N6O2.C24H20F2N6/c1-26(2)17-9-10-27(26,25-16(17)11-21(32-33-25)24-18(28)5-3-6-19(24)29)23-8-4-7-20(31-23)22-12-30-35(34-22)13-15(37)14-36;1-23(2)14-9-10-24(23,20-8-4-7-17(28-20)19-12-27-32-30-19)22-13(14)11-18(29-31-22)21-15(25)5-3-6-16(21)26/h3-8,11-12,15,17,36-37H,9-10,13-14H2,1-2H3;3-8,11-12,14H,9-10H2,1-2H3,(H,27,30,32)/t15-,17-,27-;14-,24-/m00/s1. The Kier molecular flexibility index (Phi) is 10.4. The molecule has 8 aromatic rings. The van der Waals surface area contributed by atoms with Crippen molar-refractivity contribution in [3.05, 3.63) is 154 Å². The predicted molar refractivity (Wildman–Crippen MR) is 244 cm³/mol. The lowest BCUT2D eigenvalue weighted by Gasteiger charge is -2.37. The van der Waals surface area contributed by atoms with E-state index in [0.29, 0.717) is 17.1 Å². The van der Waals surface area contributed by atoms with Gasteiger partial charge in [-0.1, -0.05) is 52.0 Å². The van der Waals surface area contributed by atoms with Gasteiger partial charge in [-0.25, -0.2) is 17.6 Å². The quantitative estimate of drug-likeness (QED) is 0.117. The minimum absolute atomic E-state index is 0.0722. The van der Waals surface area contributed by atoms with Crippen LogP contribution in [0.4, 0.5) is 17.6 Å². The van der Waals surface area contributed by atoms with Crippen LogP contribution in [0.15, 0.2) is 97.3 Å². The van der Waals surface area contributed by atoms with E-state index < -0.39 is 40.2 Å². The Hall–Kier alpha value is -7.18. The second-order valence-electron chi connectivity index (χ2n) is 19.5. The van der Waals surface area contributed by atoms with Gasteiger partial charge in [0.15, 0.2) is 0 Å². The SMILES string of the molecule is CC1(C)[C@H]2CC[C@]1(c1cccc(-c3cn[nH]n3)n1)c1nnc(-c3c(F)cccc3F)cc12.CC1(C)[C@H]2CC[C@]1(c1cccc(-c3cnn(C[C@H](O)CO)n3)n1)c1nnc(-c3c(F)cccc3F)cc12. The van der Waals surface area contributed by atoms with Crippen molar-refractivity contribution in [1.82, 2.24) is 60.8 Å². The number of hydrogen-bond acceptors (Lipinski definition) is 12. The molecular weight excluding hydrogens is 889 g/mol. The average molecular weight is 935 g/mol. The molecule has 18 heteroatoms. The summed E-state index contributed by atoms with van der Waals surface area (Å²) in [5.41, 5.74) is 6.64. The van der Waals surface area contributed by atoms with Gasteiger partial charge in [0.1, 0.15) is 34.7 Å².